The first-order chi connectivity index (χ1) is 8.84. The van der Waals surface area contributed by atoms with E-state index in [-0.39, 0.29) is 11.9 Å². The van der Waals surface area contributed by atoms with Gasteiger partial charge in [-0.05, 0) is 11.6 Å². The normalized spacial score (nSPS) is 17.8. The van der Waals surface area contributed by atoms with Gasteiger partial charge in [0.1, 0.15) is 5.75 Å². The molecule has 0 saturated heterocycles. The van der Waals surface area contributed by atoms with Crippen molar-refractivity contribution >= 4 is 5.97 Å². The topological polar surface area (TPSA) is 26.3 Å². The molecule has 2 nitrogen and oxygen atoms in total. The summed E-state index contributed by atoms with van der Waals surface area (Å²) in [7, 11) is 0. The van der Waals surface area contributed by atoms with Crippen molar-refractivity contribution in [1.29, 1.82) is 0 Å². The van der Waals surface area contributed by atoms with Gasteiger partial charge in [0.15, 0.2) is 0 Å². The van der Waals surface area contributed by atoms with Crippen LogP contribution in [0.25, 0.3) is 0 Å². The molecule has 1 unspecified atom stereocenters. The Balaban J connectivity index is 2.14. The maximum atomic E-state index is 11.5. The number of esters is 1. The molecule has 0 fully saturated rings. The Hall–Kier alpha value is -2.35. The predicted molar refractivity (Wildman–Crippen MR) is 69.5 cm³/mol. The van der Waals surface area contributed by atoms with Crippen molar-refractivity contribution in [3.8, 4) is 5.75 Å². The number of benzene rings is 2. The standard InChI is InChI=1S/C16H12O2/c17-16-11-10-13(12-6-2-1-3-7-12)14-8-4-5-9-15(14)18-16/h1-11,13H. The molecule has 0 amide bonds. The molecule has 88 valence electrons. The van der Waals surface area contributed by atoms with Gasteiger partial charge in [-0.3, -0.25) is 0 Å². The SMILES string of the molecule is O=C1C=CC(c2ccccc2)c2ccccc2O1. The lowest BCUT2D eigenvalue weighted by molar-refractivity contribution is -0.128. The van der Waals surface area contributed by atoms with Crippen LogP contribution in [0.2, 0.25) is 0 Å². The molecule has 0 aliphatic carbocycles. The molecular weight excluding hydrogens is 224 g/mol. The van der Waals surface area contributed by atoms with Crippen molar-refractivity contribution in [1.82, 2.24) is 0 Å². The van der Waals surface area contributed by atoms with Gasteiger partial charge in [-0.25, -0.2) is 4.79 Å². The summed E-state index contributed by atoms with van der Waals surface area (Å²) in [6, 6.07) is 17.8. The number of fused-ring (bicyclic) bond motifs is 1. The third kappa shape index (κ3) is 1.93. The zero-order chi connectivity index (χ0) is 12.4. The van der Waals surface area contributed by atoms with Gasteiger partial charge in [0, 0.05) is 17.6 Å². The summed E-state index contributed by atoms with van der Waals surface area (Å²) in [5.74, 6) is 0.385. The Kier molecular flexibility index (Phi) is 2.69. The molecule has 1 heterocycles. The summed E-state index contributed by atoms with van der Waals surface area (Å²) >= 11 is 0. The van der Waals surface area contributed by atoms with Gasteiger partial charge in [-0.2, -0.15) is 0 Å². The van der Waals surface area contributed by atoms with Crippen LogP contribution in [-0.4, -0.2) is 5.97 Å². The van der Waals surface area contributed by atoms with Crippen molar-refractivity contribution in [3.05, 3.63) is 77.9 Å². The molecule has 0 spiro atoms. The van der Waals surface area contributed by atoms with Gasteiger partial charge >= 0.3 is 5.97 Å². The highest BCUT2D eigenvalue weighted by molar-refractivity contribution is 5.85. The van der Waals surface area contributed by atoms with E-state index in [1.807, 2.05) is 48.5 Å². The Bertz CT molecular complexity index is 600. The van der Waals surface area contributed by atoms with Gasteiger partial charge in [0.2, 0.25) is 0 Å². The lowest BCUT2D eigenvalue weighted by Gasteiger charge is -2.14. The van der Waals surface area contributed by atoms with Crippen LogP contribution in [0.4, 0.5) is 0 Å². The summed E-state index contributed by atoms with van der Waals surface area (Å²) in [5.41, 5.74) is 2.17. The molecule has 2 aromatic rings. The first kappa shape index (κ1) is 10.8. The zero-order valence-electron chi connectivity index (χ0n) is 9.74. The number of carbonyl (C=O) groups is 1. The Labute approximate surface area is 106 Å². The van der Waals surface area contributed by atoms with E-state index in [4.69, 9.17) is 4.74 Å². The Morgan fingerprint density at radius 1 is 0.889 bits per heavy atom. The van der Waals surface area contributed by atoms with E-state index < -0.39 is 0 Å². The van der Waals surface area contributed by atoms with Crippen LogP contribution in [0.1, 0.15) is 17.0 Å². The summed E-state index contributed by atoms with van der Waals surface area (Å²) in [6.45, 7) is 0. The molecule has 0 saturated carbocycles. The van der Waals surface area contributed by atoms with Crippen molar-refractivity contribution < 1.29 is 9.53 Å². The zero-order valence-corrected chi connectivity index (χ0v) is 9.74. The number of rotatable bonds is 1. The minimum atomic E-state index is -0.319. The van der Waals surface area contributed by atoms with E-state index in [1.54, 1.807) is 0 Å². The Morgan fingerprint density at radius 3 is 2.44 bits per heavy atom. The van der Waals surface area contributed by atoms with E-state index >= 15 is 0 Å². The molecule has 1 aliphatic heterocycles. The second kappa shape index (κ2) is 4.49. The molecule has 0 bridgehead atoms. The molecule has 2 heteroatoms. The van der Waals surface area contributed by atoms with Gasteiger partial charge in [-0.15, -0.1) is 0 Å². The van der Waals surface area contributed by atoms with Crippen LogP contribution in [0.15, 0.2) is 66.7 Å². The smallest absolute Gasteiger partial charge is 0.335 e. The number of ether oxygens (including phenoxy) is 1. The number of para-hydroxylation sites is 1. The molecular formula is C16H12O2. The second-order valence-corrected chi connectivity index (χ2v) is 4.21. The van der Waals surface area contributed by atoms with Crippen LogP contribution in [0.5, 0.6) is 5.75 Å². The average Bonchev–Trinajstić information content (AvgIpc) is 2.58. The van der Waals surface area contributed by atoms with E-state index in [2.05, 4.69) is 12.1 Å². The molecule has 0 N–H and O–H groups in total. The van der Waals surface area contributed by atoms with E-state index in [1.165, 1.54) is 6.08 Å². The van der Waals surface area contributed by atoms with E-state index in [0.717, 1.165) is 11.1 Å². The molecule has 0 radical (unpaired) electrons. The van der Waals surface area contributed by atoms with Gasteiger partial charge in [0.05, 0.1) is 0 Å². The molecule has 18 heavy (non-hydrogen) atoms. The fourth-order valence-corrected chi connectivity index (χ4v) is 2.20. The fraction of sp³-hybridized carbons (Fsp3) is 0.0625. The highest BCUT2D eigenvalue weighted by Crippen LogP contribution is 2.34. The third-order valence-electron chi connectivity index (χ3n) is 3.05. The van der Waals surface area contributed by atoms with Crippen LogP contribution >= 0.6 is 0 Å². The van der Waals surface area contributed by atoms with Gasteiger partial charge < -0.3 is 4.74 Å². The lowest BCUT2D eigenvalue weighted by Crippen LogP contribution is -2.03. The molecule has 3 rings (SSSR count). The van der Waals surface area contributed by atoms with Crippen molar-refractivity contribution in [2.45, 2.75) is 5.92 Å². The molecule has 2 aromatic carbocycles. The minimum absolute atomic E-state index is 0.0637. The number of hydrogen-bond acceptors (Lipinski definition) is 2. The van der Waals surface area contributed by atoms with Gasteiger partial charge in [-0.1, -0.05) is 54.6 Å². The number of hydrogen-bond donors (Lipinski definition) is 0. The van der Waals surface area contributed by atoms with Crippen LogP contribution < -0.4 is 4.74 Å². The van der Waals surface area contributed by atoms with E-state index in [0.29, 0.717) is 5.75 Å². The monoisotopic (exact) mass is 236 g/mol. The van der Waals surface area contributed by atoms with Crippen LogP contribution in [0.3, 0.4) is 0 Å². The van der Waals surface area contributed by atoms with Crippen molar-refractivity contribution in [2.24, 2.45) is 0 Å². The Morgan fingerprint density at radius 2 is 1.61 bits per heavy atom. The first-order valence-corrected chi connectivity index (χ1v) is 5.88. The third-order valence-corrected chi connectivity index (χ3v) is 3.05. The molecule has 1 atom stereocenters. The van der Waals surface area contributed by atoms with Crippen LogP contribution in [-0.2, 0) is 4.79 Å². The maximum absolute atomic E-state index is 11.5. The highest BCUT2D eigenvalue weighted by Gasteiger charge is 2.20. The summed E-state index contributed by atoms with van der Waals surface area (Å²) < 4.78 is 5.28. The predicted octanol–water partition coefficient (Wildman–Crippen LogP) is 3.29. The lowest BCUT2D eigenvalue weighted by atomic mass is 9.91. The quantitative estimate of drug-likeness (QED) is 0.561. The van der Waals surface area contributed by atoms with Gasteiger partial charge in [0.25, 0.3) is 0 Å². The average molecular weight is 236 g/mol. The molecule has 1 aliphatic rings. The van der Waals surface area contributed by atoms with Crippen molar-refractivity contribution in [2.75, 3.05) is 0 Å². The second-order valence-electron chi connectivity index (χ2n) is 4.21. The first-order valence-electron chi connectivity index (χ1n) is 5.88. The van der Waals surface area contributed by atoms with E-state index in [9.17, 15) is 4.79 Å². The number of allylic oxidation sites excluding steroid dienone is 1. The summed E-state index contributed by atoms with van der Waals surface area (Å²) in [5, 5.41) is 0. The number of carbonyl (C=O) groups excluding carboxylic acids is 1. The summed E-state index contributed by atoms with van der Waals surface area (Å²) in [6.07, 6.45) is 3.39. The fourth-order valence-electron chi connectivity index (χ4n) is 2.20. The van der Waals surface area contributed by atoms with Crippen molar-refractivity contribution in [3.63, 3.8) is 0 Å². The minimum Gasteiger partial charge on any atom is -0.423 e. The molecule has 0 aromatic heterocycles. The highest BCUT2D eigenvalue weighted by atomic mass is 16.5. The summed E-state index contributed by atoms with van der Waals surface area (Å²) in [4.78, 5) is 11.5. The van der Waals surface area contributed by atoms with Crippen LogP contribution in [0, 0.1) is 0 Å². The largest absolute Gasteiger partial charge is 0.423 e. The maximum Gasteiger partial charge on any atom is 0.335 e.